The van der Waals surface area contributed by atoms with Crippen LogP contribution in [-0.2, 0) is 9.47 Å². The Morgan fingerprint density at radius 3 is 3.19 bits per heavy atom. The lowest BCUT2D eigenvalue weighted by Crippen LogP contribution is -2.23. The van der Waals surface area contributed by atoms with Crippen molar-refractivity contribution in [1.82, 2.24) is 15.0 Å². The van der Waals surface area contributed by atoms with Crippen LogP contribution in [0.15, 0.2) is 17.5 Å². The van der Waals surface area contributed by atoms with Crippen molar-refractivity contribution in [1.29, 1.82) is 0 Å². The van der Waals surface area contributed by atoms with Crippen molar-refractivity contribution in [3.8, 4) is 10.6 Å². The van der Waals surface area contributed by atoms with Crippen LogP contribution in [-0.4, -0.2) is 40.8 Å². The minimum Gasteiger partial charge on any atom is -0.461 e. The summed E-state index contributed by atoms with van der Waals surface area (Å²) < 4.78 is 12.4. The first-order valence-electron chi connectivity index (χ1n) is 7.05. The van der Waals surface area contributed by atoms with Crippen LogP contribution in [0.2, 0.25) is 0 Å². The second-order valence-corrected chi connectivity index (χ2v) is 5.75. The summed E-state index contributed by atoms with van der Waals surface area (Å²) in [5.41, 5.74) is 1.02. The molecule has 3 rings (SSSR count). The average Bonchev–Trinajstić information content (AvgIpc) is 3.17. The Hall–Kier alpha value is -1.73. The Labute approximate surface area is 126 Å². The van der Waals surface area contributed by atoms with E-state index >= 15 is 0 Å². The molecule has 0 aliphatic carbocycles. The summed E-state index contributed by atoms with van der Waals surface area (Å²) in [4.78, 5) is 13.1. The molecule has 21 heavy (non-hydrogen) atoms. The third-order valence-corrected chi connectivity index (χ3v) is 4.28. The topological polar surface area (TPSA) is 66.2 Å². The number of carbonyl (C=O) groups excluding carboxylic acids is 1. The maximum atomic E-state index is 12.1. The Morgan fingerprint density at radius 1 is 1.62 bits per heavy atom. The van der Waals surface area contributed by atoms with Crippen LogP contribution in [0.5, 0.6) is 0 Å². The lowest BCUT2D eigenvalue weighted by molar-refractivity contribution is 0.0518. The van der Waals surface area contributed by atoms with Gasteiger partial charge in [-0.3, -0.25) is 0 Å². The molecule has 1 saturated heterocycles. The minimum atomic E-state index is -0.427. The van der Waals surface area contributed by atoms with Crippen molar-refractivity contribution in [2.75, 3.05) is 19.8 Å². The van der Waals surface area contributed by atoms with Gasteiger partial charge in [-0.15, -0.1) is 16.4 Å². The number of carbonyl (C=O) groups is 1. The van der Waals surface area contributed by atoms with Gasteiger partial charge in [-0.25, -0.2) is 9.48 Å². The summed E-state index contributed by atoms with van der Waals surface area (Å²) in [6.45, 7) is 3.48. The van der Waals surface area contributed by atoms with Crippen molar-refractivity contribution < 1.29 is 14.3 Å². The summed E-state index contributed by atoms with van der Waals surface area (Å²) >= 11 is 1.56. The molecule has 0 spiro atoms. The van der Waals surface area contributed by atoms with E-state index in [2.05, 4.69) is 10.3 Å². The fourth-order valence-corrected chi connectivity index (χ4v) is 3.21. The molecule has 3 heterocycles. The molecule has 0 saturated carbocycles. The molecule has 1 aliphatic rings. The number of aromatic nitrogens is 3. The number of esters is 1. The molecule has 0 amide bonds. The standard InChI is InChI=1S/C14H17N3O3S/c1-2-20-14(18)12-13(11-6-4-8-21-11)17(16-15-12)10-5-3-7-19-9-10/h4,6,8,10H,2-3,5,7,9H2,1H3. The number of hydrogen-bond donors (Lipinski definition) is 0. The van der Waals surface area contributed by atoms with Crippen LogP contribution in [0.4, 0.5) is 0 Å². The monoisotopic (exact) mass is 307 g/mol. The van der Waals surface area contributed by atoms with Gasteiger partial charge in [-0.05, 0) is 31.2 Å². The van der Waals surface area contributed by atoms with E-state index in [1.54, 1.807) is 18.3 Å². The Kier molecular flexibility index (Phi) is 4.31. The highest BCUT2D eigenvalue weighted by molar-refractivity contribution is 7.13. The molecule has 0 N–H and O–H groups in total. The molecule has 2 aromatic rings. The Morgan fingerprint density at radius 2 is 2.52 bits per heavy atom. The number of ether oxygens (including phenoxy) is 2. The lowest BCUT2D eigenvalue weighted by atomic mass is 10.1. The van der Waals surface area contributed by atoms with Gasteiger partial charge in [0.25, 0.3) is 0 Å². The second-order valence-electron chi connectivity index (χ2n) is 4.80. The Balaban J connectivity index is 2.02. The van der Waals surface area contributed by atoms with Gasteiger partial charge in [-0.2, -0.15) is 0 Å². The van der Waals surface area contributed by atoms with Crippen molar-refractivity contribution >= 4 is 17.3 Å². The van der Waals surface area contributed by atoms with Crippen LogP contribution in [0, 0.1) is 0 Å². The first-order chi connectivity index (χ1) is 10.3. The fraction of sp³-hybridized carbons (Fsp3) is 0.500. The van der Waals surface area contributed by atoms with Crippen molar-refractivity contribution in [2.45, 2.75) is 25.8 Å². The van der Waals surface area contributed by atoms with E-state index in [1.165, 1.54) is 0 Å². The van der Waals surface area contributed by atoms with E-state index in [-0.39, 0.29) is 11.7 Å². The maximum absolute atomic E-state index is 12.1. The van der Waals surface area contributed by atoms with Crippen LogP contribution < -0.4 is 0 Å². The Bertz CT molecular complexity index is 603. The molecule has 1 aliphatic heterocycles. The lowest BCUT2D eigenvalue weighted by Gasteiger charge is -2.23. The summed E-state index contributed by atoms with van der Waals surface area (Å²) in [6, 6.07) is 4.03. The highest BCUT2D eigenvalue weighted by atomic mass is 32.1. The molecule has 0 bridgehead atoms. The number of thiophene rings is 1. The second kappa shape index (κ2) is 6.36. The molecule has 2 aromatic heterocycles. The SMILES string of the molecule is CCOC(=O)c1nnn(C2CCCOC2)c1-c1cccs1. The first-order valence-corrected chi connectivity index (χ1v) is 7.93. The summed E-state index contributed by atoms with van der Waals surface area (Å²) in [5.74, 6) is -0.427. The van der Waals surface area contributed by atoms with E-state index in [1.807, 2.05) is 22.2 Å². The molecular formula is C14H17N3O3S. The summed E-state index contributed by atoms with van der Waals surface area (Å²) in [7, 11) is 0. The molecule has 1 fully saturated rings. The molecule has 112 valence electrons. The van der Waals surface area contributed by atoms with Crippen molar-refractivity contribution in [3.63, 3.8) is 0 Å². The number of nitrogens with zero attached hydrogens (tertiary/aromatic N) is 3. The first kappa shape index (κ1) is 14.2. The highest BCUT2D eigenvalue weighted by Gasteiger charge is 2.27. The smallest absolute Gasteiger partial charge is 0.361 e. The van der Waals surface area contributed by atoms with Gasteiger partial charge in [0, 0.05) is 6.61 Å². The van der Waals surface area contributed by atoms with E-state index in [9.17, 15) is 4.79 Å². The zero-order chi connectivity index (χ0) is 14.7. The van der Waals surface area contributed by atoms with Crippen LogP contribution in [0.25, 0.3) is 10.6 Å². The third-order valence-electron chi connectivity index (χ3n) is 3.40. The van der Waals surface area contributed by atoms with Gasteiger partial charge in [0.05, 0.1) is 24.1 Å². The van der Waals surface area contributed by atoms with Crippen molar-refractivity contribution in [3.05, 3.63) is 23.2 Å². The molecule has 6 nitrogen and oxygen atoms in total. The van der Waals surface area contributed by atoms with Crippen LogP contribution in [0.1, 0.15) is 36.3 Å². The normalized spacial score (nSPS) is 18.6. The zero-order valence-corrected chi connectivity index (χ0v) is 12.6. The van der Waals surface area contributed by atoms with E-state index in [4.69, 9.17) is 9.47 Å². The maximum Gasteiger partial charge on any atom is 0.361 e. The fourth-order valence-electron chi connectivity index (χ4n) is 2.45. The summed E-state index contributed by atoms with van der Waals surface area (Å²) in [5, 5.41) is 10.2. The largest absolute Gasteiger partial charge is 0.461 e. The van der Waals surface area contributed by atoms with E-state index in [0.717, 1.165) is 30.0 Å². The van der Waals surface area contributed by atoms with Gasteiger partial charge in [0.2, 0.25) is 0 Å². The molecule has 1 unspecified atom stereocenters. The summed E-state index contributed by atoms with van der Waals surface area (Å²) in [6.07, 6.45) is 1.97. The van der Waals surface area contributed by atoms with Gasteiger partial charge in [0.15, 0.2) is 5.69 Å². The molecule has 1 atom stereocenters. The van der Waals surface area contributed by atoms with Crippen molar-refractivity contribution in [2.24, 2.45) is 0 Å². The van der Waals surface area contributed by atoms with Crippen LogP contribution in [0.3, 0.4) is 0 Å². The van der Waals surface area contributed by atoms with Gasteiger partial charge in [0.1, 0.15) is 5.69 Å². The third kappa shape index (κ3) is 2.84. The number of rotatable bonds is 4. The average molecular weight is 307 g/mol. The predicted molar refractivity (Wildman–Crippen MR) is 78.4 cm³/mol. The zero-order valence-electron chi connectivity index (χ0n) is 11.8. The molecular weight excluding hydrogens is 290 g/mol. The van der Waals surface area contributed by atoms with Gasteiger partial charge >= 0.3 is 5.97 Å². The van der Waals surface area contributed by atoms with Gasteiger partial charge < -0.3 is 9.47 Å². The van der Waals surface area contributed by atoms with E-state index < -0.39 is 5.97 Å². The predicted octanol–water partition coefficient (Wildman–Crippen LogP) is 2.53. The quantitative estimate of drug-likeness (QED) is 0.812. The van der Waals surface area contributed by atoms with Gasteiger partial charge in [-0.1, -0.05) is 11.3 Å². The van der Waals surface area contributed by atoms with Crippen LogP contribution >= 0.6 is 11.3 Å². The molecule has 0 aromatic carbocycles. The molecule has 7 heteroatoms. The highest BCUT2D eigenvalue weighted by Crippen LogP contribution is 2.31. The number of hydrogen-bond acceptors (Lipinski definition) is 6. The minimum absolute atomic E-state index is 0.117. The van der Waals surface area contributed by atoms with E-state index in [0.29, 0.717) is 13.2 Å². The molecule has 0 radical (unpaired) electrons.